The van der Waals surface area contributed by atoms with E-state index >= 15 is 0 Å². The maximum atomic E-state index is 12.9. The molecule has 0 aliphatic carbocycles. The van der Waals surface area contributed by atoms with Crippen LogP contribution in [0.1, 0.15) is 206 Å². The molecule has 356 valence electrons. The second kappa shape index (κ2) is 40.6. The van der Waals surface area contributed by atoms with Crippen LogP contribution >= 0.6 is 0 Å². The average molecular weight is 866 g/mol. The number of aliphatic hydroxyl groups excluding tert-OH is 5. The highest BCUT2D eigenvalue weighted by Crippen LogP contribution is 2.22. The van der Waals surface area contributed by atoms with Crippen molar-refractivity contribution in [1.82, 2.24) is 5.32 Å². The fourth-order valence-electron chi connectivity index (χ4n) is 7.48. The summed E-state index contributed by atoms with van der Waals surface area (Å²) in [5.74, 6) is -0.307. The van der Waals surface area contributed by atoms with Crippen LogP contribution in [0.4, 0.5) is 0 Å². The van der Waals surface area contributed by atoms with Crippen molar-refractivity contribution >= 4 is 11.9 Å². The number of nitrogens with one attached hydrogen (secondary N) is 1. The lowest BCUT2D eigenvalue weighted by Crippen LogP contribution is -2.60. The molecule has 1 fully saturated rings. The Bertz CT molecular complexity index is 1110. The van der Waals surface area contributed by atoms with Gasteiger partial charge in [0, 0.05) is 12.8 Å². The Kier molecular flexibility index (Phi) is 37.9. The highest BCUT2D eigenvalue weighted by atomic mass is 16.7. The maximum Gasteiger partial charge on any atom is 0.305 e. The minimum absolute atomic E-state index is 0.0407. The summed E-state index contributed by atoms with van der Waals surface area (Å²) in [7, 11) is 0. The molecule has 11 nitrogen and oxygen atoms in total. The predicted molar refractivity (Wildman–Crippen MR) is 246 cm³/mol. The zero-order valence-electron chi connectivity index (χ0n) is 38.6. The van der Waals surface area contributed by atoms with E-state index in [-0.39, 0.29) is 24.9 Å². The van der Waals surface area contributed by atoms with Crippen molar-refractivity contribution in [2.45, 2.75) is 249 Å². The lowest BCUT2D eigenvalue weighted by atomic mass is 9.99. The van der Waals surface area contributed by atoms with Gasteiger partial charge in [0.1, 0.15) is 24.4 Å². The van der Waals surface area contributed by atoms with Gasteiger partial charge in [0.15, 0.2) is 6.29 Å². The van der Waals surface area contributed by atoms with Gasteiger partial charge in [-0.15, -0.1) is 0 Å². The smallest absolute Gasteiger partial charge is 0.305 e. The minimum Gasteiger partial charge on any atom is -0.466 e. The number of unbranched alkanes of at least 4 members (excludes halogenated alkanes) is 23. The Morgan fingerprint density at radius 3 is 1.69 bits per heavy atom. The van der Waals surface area contributed by atoms with Gasteiger partial charge in [-0.05, 0) is 51.4 Å². The summed E-state index contributed by atoms with van der Waals surface area (Å²) >= 11 is 0. The highest BCUT2D eigenvalue weighted by molar-refractivity contribution is 5.76. The molecule has 1 aliphatic heterocycles. The summed E-state index contributed by atoms with van der Waals surface area (Å²) in [6.07, 6.45) is 36.7. The molecule has 0 aromatic rings. The molecule has 7 unspecified atom stereocenters. The van der Waals surface area contributed by atoms with E-state index in [1.54, 1.807) is 6.08 Å². The SMILES string of the molecule is CCCCCCCCC/C=C/C(O)C(COC1OC(CO)C(O)C(O)C1O)NC(=O)CC/C=C\C/C=C\CCCCCCCCOC(=O)CCCCCCCCCCCCC. The van der Waals surface area contributed by atoms with Crippen molar-refractivity contribution in [2.24, 2.45) is 0 Å². The molecular weight excluding hydrogens is 775 g/mol. The summed E-state index contributed by atoms with van der Waals surface area (Å²) in [5.41, 5.74) is 0. The lowest BCUT2D eigenvalue weighted by Gasteiger charge is -2.40. The molecular formula is C50H91NO10. The minimum atomic E-state index is -1.59. The molecule has 0 radical (unpaired) electrons. The van der Waals surface area contributed by atoms with Gasteiger partial charge in [0.2, 0.25) is 5.91 Å². The molecule has 1 amide bonds. The Morgan fingerprint density at radius 1 is 0.607 bits per heavy atom. The number of amides is 1. The molecule has 0 saturated carbocycles. The van der Waals surface area contributed by atoms with Crippen molar-refractivity contribution in [3.8, 4) is 0 Å². The number of aliphatic hydroxyl groups is 5. The molecule has 1 saturated heterocycles. The number of hydrogen-bond acceptors (Lipinski definition) is 10. The molecule has 0 aromatic carbocycles. The van der Waals surface area contributed by atoms with Gasteiger partial charge < -0.3 is 45.1 Å². The maximum absolute atomic E-state index is 12.9. The summed E-state index contributed by atoms with van der Waals surface area (Å²) < 4.78 is 16.6. The van der Waals surface area contributed by atoms with Gasteiger partial charge in [-0.2, -0.15) is 0 Å². The molecule has 1 aliphatic rings. The number of ether oxygens (including phenoxy) is 3. The van der Waals surface area contributed by atoms with E-state index in [4.69, 9.17) is 14.2 Å². The first kappa shape index (κ1) is 56.9. The Morgan fingerprint density at radius 2 is 1.11 bits per heavy atom. The van der Waals surface area contributed by atoms with E-state index in [0.717, 1.165) is 70.6 Å². The van der Waals surface area contributed by atoms with Crippen molar-refractivity contribution in [2.75, 3.05) is 19.8 Å². The van der Waals surface area contributed by atoms with Gasteiger partial charge in [-0.3, -0.25) is 9.59 Å². The Labute approximate surface area is 371 Å². The number of carbonyl (C=O) groups excluding carboxylic acids is 2. The van der Waals surface area contributed by atoms with Crippen molar-refractivity contribution in [3.63, 3.8) is 0 Å². The summed E-state index contributed by atoms with van der Waals surface area (Å²) in [4.78, 5) is 24.9. The quantitative estimate of drug-likeness (QED) is 0.0197. The van der Waals surface area contributed by atoms with Crippen LogP contribution in [0.3, 0.4) is 0 Å². The molecule has 61 heavy (non-hydrogen) atoms. The van der Waals surface area contributed by atoms with E-state index in [0.29, 0.717) is 19.4 Å². The molecule has 1 heterocycles. The van der Waals surface area contributed by atoms with Crippen LogP contribution < -0.4 is 5.32 Å². The first-order valence-electron chi connectivity index (χ1n) is 24.8. The van der Waals surface area contributed by atoms with E-state index in [1.807, 2.05) is 18.2 Å². The van der Waals surface area contributed by atoms with Crippen LogP contribution in [0.15, 0.2) is 36.5 Å². The second-order valence-electron chi connectivity index (χ2n) is 17.2. The number of rotatable bonds is 41. The van der Waals surface area contributed by atoms with Gasteiger partial charge in [-0.25, -0.2) is 0 Å². The van der Waals surface area contributed by atoms with Crippen LogP contribution in [-0.4, -0.2) is 100 Å². The zero-order chi connectivity index (χ0) is 44.6. The van der Waals surface area contributed by atoms with E-state index in [1.165, 1.54) is 103 Å². The zero-order valence-corrected chi connectivity index (χ0v) is 38.6. The van der Waals surface area contributed by atoms with E-state index < -0.39 is 49.5 Å². The first-order valence-corrected chi connectivity index (χ1v) is 24.8. The van der Waals surface area contributed by atoms with Crippen molar-refractivity contribution in [3.05, 3.63) is 36.5 Å². The summed E-state index contributed by atoms with van der Waals surface area (Å²) in [6, 6.07) is -0.851. The second-order valence-corrected chi connectivity index (χ2v) is 17.2. The highest BCUT2D eigenvalue weighted by Gasteiger charge is 2.44. The molecule has 0 aromatic heterocycles. The summed E-state index contributed by atoms with van der Waals surface area (Å²) in [6.45, 7) is 4.19. The number of esters is 1. The number of allylic oxidation sites excluding steroid dienone is 5. The fraction of sp³-hybridized carbons (Fsp3) is 0.840. The van der Waals surface area contributed by atoms with Crippen molar-refractivity contribution in [1.29, 1.82) is 0 Å². The van der Waals surface area contributed by atoms with Crippen LogP contribution in [-0.2, 0) is 23.8 Å². The van der Waals surface area contributed by atoms with E-state index in [2.05, 4.69) is 31.3 Å². The molecule has 7 atom stereocenters. The van der Waals surface area contributed by atoms with Crippen molar-refractivity contribution < 1.29 is 49.3 Å². The van der Waals surface area contributed by atoms with Gasteiger partial charge in [0.25, 0.3) is 0 Å². The number of carbonyl (C=O) groups is 2. The molecule has 1 rings (SSSR count). The largest absolute Gasteiger partial charge is 0.466 e. The third-order valence-corrected chi connectivity index (χ3v) is 11.5. The molecule has 0 bridgehead atoms. The number of hydrogen-bond donors (Lipinski definition) is 6. The van der Waals surface area contributed by atoms with Gasteiger partial charge >= 0.3 is 5.97 Å². The van der Waals surface area contributed by atoms with E-state index in [9.17, 15) is 35.1 Å². The van der Waals surface area contributed by atoms with Crippen LogP contribution in [0.5, 0.6) is 0 Å². The van der Waals surface area contributed by atoms with Crippen LogP contribution in [0.25, 0.3) is 0 Å². The summed E-state index contributed by atoms with van der Waals surface area (Å²) in [5, 5.41) is 53.9. The molecule has 6 N–H and O–H groups in total. The third-order valence-electron chi connectivity index (χ3n) is 11.5. The standard InChI is InChI=1S/C50H91NO10/c1-3-5-7-9-11-13-17-22-26-30-34-38-46(55)59-39-35-31-27-23-19-16-14-15-18-21-25-29-33-37-45(54)51-42(43(53)36-32-28-24-20-12-10-8-6-4-2)41-60-50-49(58)48(57)47(56)44(40-52)61-50/h15,18,25,29,32,36,42-44,47-50,52-53,56-58H,3-14,16-17,19-24,26-28,30-31,33-35,37-41H2,1-2H3,(H,51,54)/b18-15-,29-25-,36-32+. The molecule has 0 spiro atoms. The molecule has 11 heteroatoms. The predicted octanol–water partition coefficient (Wildman–Crippen LogP) is 9.60. The normalized spacial score (nSPS) is 20.5. The lowest BCUT2D eigenvalue weighted by molar-refractivity contribution is -0.302. The van der Waals surface area contributed by atoms with Crippen LogP contribution in [0.2, 0.25) is 0 Å². The Hall–Kier alpha value is -2.12. The van der Waals surface area contributed by atoms with Gasteiger partial charge in [-0.1, -0.05) is 179 Å². The first-order chi connectivity index (χ1) is 29.7. The fourth-order valence-corrected chi connectivity index (χ4v) is 7.48. The average Bonchev–Trinajstić information content (AvgIpc) is 3.25. The third kappa shape index (κ3) is 31.4. The topological polar surface area (TPSA) is 175 Å². The monoisotopic (exact) mass is 866 g/mol. The Balaban J connectivity index is 2.22. The van der Waals surface area contributed by atoms with Gasteiger partial charge in [0.05, 0.1) is 32.0 Å². The van der Waals surface area contributed by atoms with Crippen LogP contribution in [0, 0.1) is 0 Å².